The van der Waals surface area contributed by atoms with Gasteiger partial charge in [0.25, 0.3) is 0 Å². The number of aliphatic carboxylic acids is 1. The van der Waals surface area contributed by atoms with E-state index in [0.717, 1.165) is 54.1 Å². The highest BCUT2D eigenvalue weighted by Gasteiger charge is 2.32. The lowest BCUT2D eigenvalue weighted by Crippen LogP contribution is -2.35. The lowest BCUT2D eigenvalue weighted by atomic mass is 10.00. The molecule has 0 aliphatic carbocycles. The average molecular weight is 502 g/mol. The number of aryl methyl sites for hydroxylation is 2. The fourth-order valence-electron chi connectivity index (χ4n) is 4.69. The summed E-state index contributed by atoms with van der Waals surface area (Å²) in [5.41, 5.74) is 6.56. The van der Waals surface area contributed by atoms with E-state index in [9.17, 15) is 9.59 Å². The molecule has 2 heterocycles. The number of carbonyl (C=O) groups excluding carboxylic acids is 1. The van der Waals surface area contributed by atoms with Crippen LogP contribution in [0.5, 0.6) is 0 Å². The summed E-state index contributed by atoms with van der Waals surface area (Å²) in [6.45, 7) is 7.05. The predicted octanol–water partition coefficient (Wildman–Crippen LogP) is 6.28. The van der Waals surface area contributed by atoms with Crippen molar-refractivity contribution < 1.29 is 19.4 Å². The van der Waals surface area contributed by atoms with Gasteiger partial charge >= 0.3 is 11.9 Å². The zero-order valence-electron chi connectivity index (χ0n) is 21.9. The number of fused-ring (bicyclic) bond motifs is 1. The quantitative estimate of drug-likeness (QED) is 0.258. The van der Waals surface area contributed by atoms with Gasteiger partial charge in [-0.2, -0.15) is 0 Å². The molecular weight excluding hydrogens is 466 g/mol. The molecule has 0 spiro atoms. The first kappa shape index (κ1) is 26.3. The van der Waals surface area contributed by atoms with Crippen LogP contribution in [-0.2, 0) is 14.3 Å². The molecule has 1 aliphatic rings. The molecule has 0 saturated carbocycles. The maximum Gasteiger partial charge on any atom is 0.303 e. The minimum atomic E-state index is -0.746. The normalized spacial score (nSPS) is 14.8. The van der Waals surface area contributed by atoms with Crippen LogP contribution in [0.3, 0.4) is 0 Å². The third-order valence-electron chi connectivity index (χ3n) is 6.70. The highest BCUT2D eigenvalue weighted by Crippen LogP contribution is 2.39. The topological polar surface area (TPSA) is 92.6 Å². The molecule has 3 aromatic rings. The summed E-state index contributed by atoms with van der Waals surface area (Å²) in [6, 6.07) is 16.5. The van der Waals surface area contributed by atoms with Gasteiger partial charge in [0.2, 0.25) is 0 Å². The summed E-state index contributed by atoms with van der Waals surface area (Å²) in [5, 5.41) is 8.86. The Bertz CT molecular complexity index is 1240. The molecule has 1 atom stereocenters. The second-order valence-corrected chi connectivity index (χ2v) is 9.79. The predicted molar refractivity (Wildman–Crippen MR) is 144 cm³/mol. The number of aromatic nitrogens is 2. The molecule has 0 amide bonds. The molecule has 7 nitrogen and oxygen atoms in total. The van der Waals surface area contributed by atoms with Gasteiger partial charge < -0.3 is 14.7 Å². The number of carbonyl (C=O) groups is 2. The SMILES string of the molecule is CC(=O)OC1CCN(CCCCCCC(=O)O)c2nc(-c3ccc(C)cc3)c(-c3ccc(C)cc3)nc21. The van der Waals surface area contributed by atoms with Crippen LogP contribution in [0.1, 0.15) is 68.4 Å². The van der Waals surface area contributed by atoms with Crippen LogP contribution < -0.4 is 4.90 Å². The fourth-order valence-corrected chi connectivity index (χ4v) is 4.69. The van der Waals surface area contributed by atoms with E-state index in [1.165, 1.54) is 18.1 Å². The molecule has 2 aromatic carbocycles. The highest BCUT2D eigenvalue weighted by molar-refractivity contribution is 5.80. The first-order chi connectivity index (χ1) is 17.8. The maximum absolute atomic E-state index is 11.9. The molecule has 194 valence electrons. The van der Waals surface area contributed by atoms with Crippen molar-refractivity contribution in [2.45, 2.75) is 65.4 Å². The zero-order chi connectivity index (χ0) is 26.4. The van der Waals surface area contributed by atoms with E-state index < -0.39 is 12.1 Å². The van der Waals surface area contributed by atoms with Gasteiger partial charge in [-0.15, -0.1) is 0 Å². The number of ether oxygens (including phenoxy) is 1. The van der Waals surface area contributed by atoms with E-state index in [2.05, 4.69) is 67.3 Å². The number of hydrogen-bond donors (Lipinski definition) is 1. The second kappa shape index (κ2) is 12.0. The Hall–Kier alpha value is -3.74. The number of unbranched alkanes of at least 4 members (excludes halogenated alkanes) is 3. The van der Waals surface area contributed by atoms with Crippen molar-refractivity contribution in [2.24, 2.45) is 0 Å². The van der Waals surface area contributed by atoms with Crippen LogP contribution in [0, 0.1) is 13.8 Å². The van der Waals surface area contributed by atoms with Gasteiger partial charge in [-0.3, -0.25) is 9.59 Å². The number of esters is 1. The van der Waals surface area contributed by atoms with E-state index in [1.807, 2.05) is 0 Å². The Balaban J connectivity index is 1.72. The van der Waals surface area contributed by atoms with Gasteiger partial charge in [0, 0.05) is 44.0 Å². The highest BCUT2D eigenvalue weighted by atomic mass is 16.5. The molecule has 1 N–H and O–H groups in total. The summed E-state index contributed by atoms with van der Waals surface area (Å²) < 4.78 is 5.69. The molecular formula is C30H35N3O4. The largest absolute Gasteiger partial charge is 0.481 e. The monoisotopic (exact) mass is 501 g/mol. The fraction of sp³-hybridized carbons (Fsp3) is 0.400. The molecule has 1 aliphatic heterocycles. The Labute approximate surface area is 218 Å². The van der Waals surface area contributed by atoms with Crippen LogP contribution in [0.15, 0.2) is 48.5 Å². The molecule has 0 radical (unpaired) electrons. The molecule has 7 heteroatoms. The first-order valence-corrected chi connectivity index (χ1v) is 13.0. The summed E-state index contributed by atoms with van der Waals surface area (Å²) in [6.07, 6.45) is 3.88. The van der Waals surface area contributed by atoms with Crippen LogP contribution in [0.4, 0.5) is 5.82 Å². The minimum Gasteiger partial charge on any atom is -0.481 e. The molecule has 1 aromatic heterocycles. The second-order valence-electron chi connectivity index (χ2n) is 9.79. The molecule has 0 fully saturated rings. The molecule has 0 bridgehead atoms. The van der Waals surface area contributed by atoms with Crippen LogP contribution in [0.25, 0.3) is 22.5 Å². The van der Waals surface area contributed by atoms with Gasteiger partial charge in [-0.05, 0) is 26.7 Å². The van der Waals surface area contributed by atoms with Gasteiger partial charge in [-0.25, -0.2) is 9.97 Å². The Morgan fingerprint density at radius 2 is 1.46 bits per heavy atom. The average Bonchev–Trinajstić information content (AvgIpc) is 2.87. The third kappa shape index (κ3) is 6.73. The van der Waals surface area contributed by atoms with Crippen molar-refractivity contribution in [3.63, 3.8) is 0 Å². The lowest BCUT2D eigenvalue weighted by molar-refractivity contribution is -0.147. The molecule has 0 saturated heterocycles. The molecule has 1 unspecified atom stereocenters. The lowest BCUT2D eigenvalue weighted by Gasteiger charge is -2.34. The molecule has 4 rings (SSSR count). The number of rotatable bonds is 10. The zero-order valence-corrected chi connectivity index (χ0v) is 21.9. The number of anilines is 1. The minimum absolute atomic E-state index is 0.212. The number of nitrogens with zero attached hydrogens (tertiary/aromatic N) is 3. The van der Waals surface area contributed by atoms with Gasteiger partial charge in [-0.1, -0.05) is 72.5 Å². The van der Waals surface area contributed by atoms with Crippen molar-refractivity contribution in [1.29, 1.82) is 0 Å². The van der Waals surface area contributed by atoms with E-state index >= 15 is 0 Å². The third-order valence-corrected chi connectivity index (χ3v) is 6.70. The Morgan fingerprint density at radius 3 is 2.03 bits per heavy atom. The van der Waals surface area contributed by atoms with Crippen molar-refractivity contribution in [1.82, 2.24) is 9.97 Å². The summed E-state index contributed by atoms with van der Waals surface area (Å²) in [5.74, 6) is -0.316. The summed E-state index contributed by atoms with van der Waals surface area (Å²) in [7, 11) is 0. The first-order valence-electron chi connectivity index (χ1n) is 13.0. The Morgan fingerprint density at radius 1 is 0.892 bits per heavy atom. The summed E-state index contributed by atoms with van der Waals surface area (Å²) in [4.78, 5) is 35.2. The molecule has 37 heavy (non-hydrogen) atoms. The van der Waals surface area contributed by atoms with Gasteiger partial charge in [0.15, 0.2) is 5.82 Å². The Kier molecular flexibility index (Phi) is 8.54. The van der Waals surface area contributed by atoms with Crippen molar-refractivity contribution >= 4 is 17.8 Å². The van der Waals surface area contributed by atoms with Crippen molar-refractivity contribution in [3.8, 4) is 22.5 Å². The number of hydrogen-bond acceptors (Lipinski definition) is 6. The standard InChI is InChI=1S/C30H35N3O4/c1-20-9-13-23(14-10-20)27-28(24-15-11-21(2)12-16-24)32-30-29(31-27)25(37-22(3)34)17-19-33(30)18-7-5-4-6-8-26(35)36/h9-16,25H,4-8,17-19H2,1-3H3,(H,35,36). The van der Waals surface area contributed by atoms with E-state index in [-0.39, 0.29) is 12.4 Å². The number of carboxylic acids is 1. The van der Waals surface area contributed by atoms with Gasteiger partial charge in [0.05, 0.1) is 11.4 Å². The van der Waals surface area contributed by atoms with Crippen LogP contribution in [-0.4, -0.2) is 40.1 Å². The maximum atomic E-state index is 11.9. The van der Waals surface area contributed by atoms with Gasteiger partial charge in [0.1, 0.15) is 11.8 Å². The van der Waals surface area contributed by atoms with Crippen molar-refractivity contribution in [2.75, 3.05) is 18.0 Å². The van der Waals surface area contributed by atoms with E-state index in [1.54, 1.807) is 0 Å². The number of benzene rings is 2. The van der Waals surface area contributed by atoms with Crippen LogP contribution in [0.2, 0.25) is 0 Å². The van der Waals surface area contributed by atoms with Crippen molar-refractivity contribution in [3.05, 3.63) is 65.4 Å². The number of carboxylic acid groups (broad SMARTS) is 1. The smallest absolute Gasteiger partial charge is 0.303 e. The summed E-state index contributed by atoms with van der Waals surface area (Å²) >= 11 is 0. The van der Waals surface area contributed by atoms with E-state index in [0.29, 0.717) is 25.1 Å². The van der Waals surface area contributed by atoms with E-state index in [4.69, 9.17) is 19.8 Å². The van der Waals surface area contributed by atoms with Crippen LogP contribution >= 0.6 is 0 Å².